The van der Waals surface area contributed by atoms with Crippen LogP contribution in [0.1, 0.15) is 47.1 Å². The standard InChI is InChI=1S/C34H38N8O3/c35-30(36)24-14-12-21(13-15-24)19-27(26-17-16-22-7-4-5-10-25(22)20-26)32(44)42-29(23-8-2-1-3-9-23)33(45)41-28(31(37)43)11-6-18-40-34(38)39/h1-5,7-10,12-17,20,27-29H,6,11,18-19H2,(H3,35,36)(H2,37,43)(H,41,45)(H,42,44)(H4,38,39,40)/t27-,28-,29-/m0/s1. The maximum atomic E-state index is 14.2. The van der Waals surface area contributed by atoms with Gasteiger partial charge in [0, 0.05) is 12.1 Å². The number of carbonyl (C=O) groups is 3. The van der Waals surface area contributed by atoms with Gasteiger partial charge in [0.25, 0.3) is 0 Å². The average Bonchev–Trinajstić information content (AvgIpc) is 3.03. The van der Waals surface area contributed by atoms with Crippen molar-refractivity contribution in [1.82, 2.24) is 16.0 Å². The second kappa shape index (κ2) is 15.1. The molecule has 232 valence electrons. The molecule has 0 aliphatic carbocycles. The zero-order valence-electron chi connectivity index (χ0n) is 24.8. The first kappa shape index (κ1) is 32.2. The number of guanidine groups is 1. The van der Waals surface area contributed by atoms with Crippen molar-refractivity contribution in [3.8, 4) is 0 Å². The molecule has 4 aromatic rings. The second-order valence-electron chi connectivity index (χ2n) is 10.8. The minimum atomic E-state index is -1.11. The summed E-state index contributed by atoms with van der Waals surface area (Å²) in [4.78, 5) is 40.1. The quantitative estimate of drug-likeness (QED) is 0.0613. The average molecular weight is 607 g/mol. The third-order valence-corrected chi connectivity index (χ3v) is 7.52. The molecule has 11 N–H and O–H groups in total. The van der Waals surface area contributed by atoms with Crippen LogP contribution in [0.25, 0.3) is 10.8 Å². The van der Waals surface area contributed by atoms with Gasteiger partial charge < -0.3 is 33.2 Å². The van der Waals surface area contributed by atoms with E-state index < -0.39 is 29.8 Å². The Kier molecular flexibility index (Phi) is 10.8. The number of nitrogen functional groups attached to an aromatic ring is 1. The Morgan fingerprint density at radius 3 is 2.02 bits per heavy atom. The molecule has 0 saturated carbocycles. The van der Waals surface area contributed by atoms with Crippen LogP contribution in [0, 0.1) is 10.8 Å². The van der Waals surface area contributed by atoms with Crippen LogP contribution in [-0.4, -0.2) is 42.1 Å². The maximum absolute atomic E-state index is 14.2. The van der Waals surface area contributed by atoms with Crippen LogP contribution in [0.2, 0.25) is 0 Å². The fourth-order valence-electron chi connectivity index (χ4n) is 5.10. The number of amidine groups is 1. The van der Waals surface area contributed by atoms with Gasteiger partial charge in [-0.25, -0.2) is 0 Å². The van der Waals surface area contributed by atoms with E-state index in [-0.39, 0.29) is 24.1 Å². The van der Waals surface area contributed by atoms with Crippen LogP contribution in [0.5, 0.6) is 0 Å². The smallest absolute Gasteiger partial charge is 0.247 e. The first-order chi connectivity index (χ1) is 21.6. The highest BCUT2D eigenvalue weighted by atomic mass is 16.2. The summed E-state index contributed by atoms with van der Waals surface area (Å²) in [6.07, 6.45) is 0.952. The topological polar surface area (TPSA) is 213 Å². The van der Waals surface area contributed by atoms with Gasteiger partial charge in [0.15, 0.2) is 5.96 Å². The molecule has 0 aliphatic rings. The van der Waals surface area contributed by atoms with E-state index in [9.17, 15) is 14.4 Å². The van der Waals surface area contributed by atoms with Crippen LogP contribution in [-0.2, 0) is 20.8 Å². The number of fused-ring (bicyclic) bond motifs is 1. The van der Waals surface area contributed by atoms with Crippen molar-refractivity contribution in [2.24, 2.45) is 17.2 Å². The fourth-order valence-corrected chi connectivity index (χ4v) is 5.10. The summed E-state index contributed by atoms with van der Waals surface area (Å²) in [7, 11) is 0. The molecule has 0 saturated heterocycles. The van der Waals surface area contributed by atoms with Crippen LogP contribution in [0.3, 0.4) is 0 Å². The first-order valence-electron chi connectivity index (χ1n) is 14.6. The van der Waals surface area contributed by atoms with Gasteiger partial charge in [0.1, 0.15) is 17.9 Å². The number of amides is 3. The zero-order chi connectivity index (χ0) is 32.3. The van der Waals surface area contributed by atoms with E-state index in [4.69, 9.17) is 28.0 Å². The summed E-state index contributed by atoms with van der Waals surface area (Å²) >= 11 is 0. The summed E-state index contributed by atoms with van der Waals surface area (Å²) in [5, 5.41) is 25.3. The molecule has 11 nitrogen and oxygen atoms in total. The molecular weight excluding hydrogens is 568 g/mol. The Hall–Kier alpha value is -5.71. The van der Waals surface area contributed by atoms with E-state index in [1.165, 1.54) is 0 Å². The van der Waals surface area contributed by atoms with Crippen molar-refractivity contribution in [1.29, 1.82) is 10.8 Å². The van der Waals surface area contributed by atoms with E-state index >= 15 is 0 Å². The Morgan fingerprint density at radius 1 is 0.711 bits per heavy atom. The lowest BCUT2D eigenvalue weighted by molar-refractivity contribution is -0.132. The van der Waals surface area contributed by atoms with Gasteiger partial charge in [-0.1, -0.05) is 97.1 Å². The van der Waals surface area contributed by atoms with E-state index in [1.54, 1.807) is 42.5 Å². The molecule has 0 aliphatic heterocycles. The Labute approximate surface area is 261 Å². The summed E-state index contributed by atoms with van der Waals surface area (Å²) in [5.41, 5.74) is 19.3. The number of hydrogen-bond donors (Lipinski definition) is 8. The Morgan fingerprint density at radius 2 is 1.38 bits per heavy atom. The minimum absolute atomic E-state index is 0.0496. The number of hydrogen-bond acceptors (Lipinski definition) is 5. The third-order valence-electron chi connectivity index (χ3n) is 7.52. The molecule has 0 radical (unpaired) electrons. The highest BCUT2D eigenvalue weighted by Crippen LogP contribution is 2.27. The largest absolute Gasteiger partial charge is 0.384 e. The van der Waals surface area contributed by atoms with Crippen molar-refractivity contribution >= 4 is 40.3 Å². The van der Waals surface area contributed by atoms with Gasteiger partial charge in [-0.3, -0.25) is 25.2 Å². The summed E-state index contributed by atoms with van der Waals surface area (Å²) < 4.78 is 0. The molecule has 4 aromatic carbocycles. The van der Waals surface area contributed by atoms with E-state index in [2.05, 4.69) is 16.0 Å². The lowest BCUT2D eigenvalue weighted by Gasteiger charge is -2.25. The predicted molar refractivity (Wildman–Crippen MR) is 175 cm³/mol. The van der Waals surface area contributed by atoms with Gasteiger partial charge in [0.05, 0.1) is 5.92 Å². The SMILES string of the molecule is N=C(N)NCCC[C@H](NC(=O)[C@@H](NC(=O)[C@@H](Cc1ccc(C(=N)N)cc1)c1ccc2ccccc2c1)c1ccccc1)C(N)=O. The third kappa shape index (κ3) is 8.90. The lowest BCUT2D eigenvalue weighted by atomic mass is 9.89. The highest BCUT2D eigenvalue weighted by Gasteiger charge is 2.30. The highest BCUT2D eigenvalue weighted by molar-refractivity contribution is 5.96. The van der Waals surface area contributed by atoms with Crippen LogP contribution >= 0.6 is 0 Å². The van der Waals surface area contributed by atoms with E-state index in [1.807, 2.05) is 54.6 Å². The molecule has 45 heavy (non-hydrogen) atoms. The van der Waals surface area contributed by atoms with Crippen molar-refractivity contribution in [2.75, 3.05) is 6.54 Å². The van der Waals surface area contributed by atoms with Crippen molar-refractivity contribution < 1.29 is 14.4 Å². The van der Waals surface area contributed by atoms with Gasteiger partial charge in [0.2, 0.25) is 17.7 Å². The Bertz CT molecular complexity index is 1670. The number of rotatable bonds is 14. The molecule has 0 bridgehead atoms. The number of nitrogens with two attached hydrogens (primary N) is 3. The lowest BCUT2D eigenvalue weighted by Crippen LogP contribution is -2.50. The van der Waals surface area contributed by atoms with E-state index in [0.717, 1.165) is 21.9 Å². The van der Waals surface area contributed by atoms with Gasteiger partial charge in [-0.2, -0.15) is 0 Å². The van der Waals surface area contributed by atoms with Crippen molar-refractivity contribution in [3.05, 3.63) is 119 Å². The summed E-state index contributed by atoms with van der Waals surface area (Å²) in [6, 6.07) is 27.5. The molecule has 0 unspecified atom stereocenters. The number of nitrogens with one attached hydrogen (secondary N) is 5. The second-order valence-corrected chi connectivity index (χ2v) is 10.8. The molecule has 0 spiro atoms. The van der Waals surface area contributed by atoms with Gasteiger partial charge >= 0.3 is 0 Å². The molecule has 3 atom stereocenters. The normalized spacial score (nSPS) is 12.8. The molecule has 11 heteroatoms. The van der Waals surface area contributed by atoms with Crippen molar-refractivity contribution in [3.63, 3.8) is 0 Å². The van der Waals surface area contributed by atoms with Crippen molar-refractivity contribution in [2.45, 2.75) is 37.3 Å². The molecule has 3 amide bonds. The summed E-state index contributed by atoms with van der Waals surface area (Å²) in [6.45, 7) is 0.328. The van der Waals surface area contributed by atoms with E-state index in [0.29, 0.717) is 30.5 Å². The fraction of sp³-hybridized carbons (Fsp3) is 0.206. The maximum Gasteiger partial charge on any atom is 0.247 e. The summed E-state index contributed by atoms with van der Waals surface area (Å²) in [5.74, 6) is -2.61. The van der Waals surface area contributed by atoms with Gasteiger partial charge in [-0.05, 0) is 46.7 Å². The molecule has 0 heterocycles. The van der Waals surface area contributed by atoms with Gasteiger partial charge in [-0.15, -0.1) is 0 Å². The predicted octanol–water partition coefficient (Wildman–Crippen LogP) is 2.54. The molecule has 4 rings (SSSR count). The van der Waals surface area contributed by atoms with Crippen LogP contribution in [0.15, 0.2) is 97.1 Å². The number of benzene rings is 4. The first-order valence-corrected chi connectivity index (χ1v) is 14.6. The number of carbonyl (C=O) groups excluding carboxylic acids is 3. The number of primary amides is 1. The zero-order valence-corrected chi connectivity index (χ0v) is 24.8. The van der Waals surface area contributed by atoms with Crippen LogP contribution in [0.4, 0.5) is 0 Å². The minimum Gasteiger partial charge on any atom is -0.384 e. The monoisotopic (exact) mass is 606 g/mol. The molecule has 0 aromatic heterocycles. The van der Waals surface area contributed by atoms with Crippen LogP contribution < -0.4 is 33.2 Å². The molecule has 0 fully saturated rings. The Balaban J connectivity index is 1.63. The molecular formula is C34H38N8O3.